The van der Waals surface area contributed by atoms with Crippen molar-refractivity contribution in [2.75, 3.05) is 27.1 Å². The molecule has 0 saturated heterocycles. The molecule has 2 aliphatic rings. The van der Waals surface area contributed by atoms with Crippen LogP contribution in [0.25, 0.3) is 11.3 Å². The van der Waals surface area contributed by atoms with Crippen LogP contribution in [0.1, 0.15) is 28.5 Å². The first kappa shape index (κ1) is 28.0. The number of benzene rings is 2. The molecule has 3 heterocycles. The van der Waals surface area contributed by atoms with Crippen LogP contribution < -0.4 is 30.0 Å². The van der Waals surface area contributed by atoms with E-state index in [1.165, 1.54) is 38.3 Å². The molecule has 2 aromatic carbocycles. The highest BCUT2D eigenvalue weighted by atomic mass is 19.4. The van der Waals surface area contributed by atoms with Crippen LogP contribution >= 0.6 is 0 Å². The van der Waals surface area contributed by atoms with Crippen LogP contribution in [0.4, 0.5) is 17.6 Å². The van der Waals surface area contributed by atoms with Crippen molar-refractivity contribution in [2.45, 2.75) is 24.1 Å². The fourth-order valence-corrected chi connectivity index (χ4v) is 4.51. The van der Waals surface area contributed by atoms with Crippen LogP contribution in [0, 0.1) is 5.82 Å². The number of hydrogen-bond acceptors (Lipinski definition) is 8. The average Bonchev–Trinajstić information content (AvgIpc) is 3.55. The number of methoxy groups -OCH3 is 1. The number of rotatable bonds is 7. The number of carbonyl (C=O) groups is 2. The van der Waals surface area contributed by atoms with Crippen LogP contribution in [-0.2, 0) is 15.8 Å². The Bertz CT molecular complexity index is 1550. The van der Waals surface area contributed by atoms with Gasteiger partial charge in [-0.25, -0.2) is 9.37 Å². The highest BCUT2D eigenvalue weighted by molar-refractivity contribution is 5.96. The number of fused-ring (bicyclic) bond motifs is 2. The second kappa shape index (κ2) is 9.80. The third-order valence-electron chi connectivity index (χ3n) is 7.05. The molecule has 1 unspecified atom stereocenters. The maximum absolute atomic E-state index is 14.6. The minimum Gasteiger partial charge on any atom is -0.493 e. The topological polar surface area (TPSA) is 142 Å². The predicted octanol–water partition coefficient (Wildman–Crippen LogP) is 2.94. The zero-order valence-electron chi connectivity index (χ0n) is 21.6. The van der Waals surface area contributed by atoms with Gasteiger partial charge in [0.2, 0.25) is 24.1 Å². The van der Waals surface area contributed by atoms with Crippen LogP contribution in [0.15, 0.2) is 42.5 Å². The van der Waals surface area contributed by atoms with Gasteiger partial charge in [-0.15, -0.1) is 0 Å². The largest absolute Gasteiger partial charge is 0.493 e. The molecule has 2 atom stereocenters. The molecule has 3 aromatic rings. The lowest BCUT2D eigenvalue weighted by atomic mass is 9.81. The van der Waals surface area contributed by atoms with E-state index >= 15 is 0 Å². The summed E-state index contributed by atoms with van der Waals surface area (Å²) in [6, 6.07) is 8.01. The molecule has 0 fully saturated rings. The van der Waals surface area contributed by atoms with Crippen molar-refractivity contribution in [3.63, 3.8) is 0 Å². The van der Waals surface area contributed by atoms with Crippen molar-refractivity contribution < 1.29 is 51.2 Å². The van der Waals surface area contributed by atoms with Gasteiger partial charge in [-0.1, -0.05) is 0 Å². The van der Waals surface area contributed by atoms with Crippen molar-refractivity contribution >= 4 is 11.8 Å². The van der Waals surface area contributed by atoms with Crippen molar-refractivity contribution in [3.8, 4) is 34.3 Å². The SMILES string of the molecule is COc1cc(C(=O)NCC(O)(c2cc3c(c(-c4ccc(F)cc4)n2)OC[C@]3(C)C(N)=O)C(F)(F)F)cc2c1OCO2. The van der Waals surface area contributed by atoms with E-state index in [-0.39, 0.29) is 58.8 Å². The maximum Gasteiger partial charge on any atom is 0.424 e. The third kappa shape index (κ3) is 4.63. The number of primary amides is 1. The van der Waals surface area contributed by atoms with Crippen molar-refractivity contribution in [1.82, 2.24) is 10.3 Å². The summed E-state index contributed by atoms with van der Waals surface area (Å²) in [6.45, 7) is -0.432. The quantitative estimate of drug-likeness (QED) is 0.364. The first-order chi connectivity index (χ1) is 19.3. The fourth-order valence-electron chi connectivity index (χ4n) is 4.51. The first-order valence-electron chi connectivity index (χ1n) is 12.1. The molecule has 41 heavy (non-hydrogen) atoms. The summed E-state index contributed by atoms with van der Waals surface area (Å²) in [5, 5.41) is 13.2. The van der Waals surface area contributed by atoms with E-state index in [4.69, 9.17) is 24.7 Å². The Morgan fingerprint density at radius 1 is 1.12 bits per heavy atom. The number of alkyl halides is 3. The van der Waals surface area contributed by atoms with Crippen LogP contribution in [0.3, 0.4) is 0 Å². The van der Waals surface area contributed by atoms with Gasteiger partial charge >= 0.3 is 6.18 Å². The van der Waals surface area contributed by atoms with Gasteiger partial charge in [0.25, 0.3) is 5.91 Å². The summed E-state index contributed by atoms with van der Waals surface area (Å²) in [4.78, 5) is 29.3. The van der Waals surface area contributed by atoms with Gasteiger partial charge in [0, 0.05) is 16.7 Å². The molecule has 2 aliphatic heterocycles. The molecule has 0 bridgehead atoms. The molecule has 0 saturated carbocycles. The van der Waals surface area contributed by atoms with Crippen LogP contribution in [-0.4, -0.2) is 55.1 Å². The summed E-state index contributed by atoms with van der Waals surface area (Å²) in [7, 11) is 1.31. The molecular formula is C27H23F4N3O7. The average molecular weight is 577 g/mol. The molecule has 0 radical (unpaired) electrons. The number of aromatic nitrogens is 1. The van der Waals surface area contributed by atoms with Gasteiger partial charge in [-0.2, -0.15) is 13.2 Å². The first-order valence-corrected chi connectivity index (χ1v) is 12.1. The van der Waals surface area contributed by atoms with E-state index in [9.17, 15) is 32.3 Å². The molecule has 0 spiro atoms. The van der Waals surface area contributed by atoms with Gasteiger partial charge in [-0.3, -0.25) is 9.59 Å². The Kier molecular flexibility index (Phi) is 6.68. The van der Waals surface area contributed by atoms with E-state index in [0.29, 0.717) is 0 Å². The van der Waals surface area contributed by atoms with Crippen molar-refractivity contribution in [2.24, 2.45) is 5.73 Å². The molecule has 4 N–H and O–H groups in total. The number of ether oxygens (including phenoxy) is 4. The maximum atomic E-state index is 14.6. The van der Waals surface area contributed by atoms with Crippen molar-refractivity contribution in [3.05, 3.63) is 65.1 Å². The Morgan fingerprint density at radius 2 is 1.83 bits per heavy atom. The molecule has 10 nitrogen and oxygen atoms in total. The highest BCUT2D eigenvalue weighted by Crippen LogP contribution is 2.48. The standard InChI is InChI=1S/C27H23F4N3O7/c1-25(24(32)36)11-39-21-16(25)9-19(34-20(21)13-3-5-15(28)6-4-13)26(37,27(29,30)31)10-33-23(35)14-7-17(38-2)22-18(8-14)40-12-41-22/h3-9,37H,10-12H2,1-2H3,(H2,32,36)(H,33,35)/t25-,26?/m0/s1. The Labute approximate surface area is 230 Å². The fraction of sp³-hybridized carbons (Fsp3) is 0.296. The summed E-state index contributed by atoms with van der Waals surface area (Å²) in [5.41, 5.74) is -0.895. The number of amides is 2. The number of carbonyl (C=O) groups excluding carboxylic acids is 2. The molecule has 2 amide bonds. The lowest BCUT2D eigenvalue weighted by Gasteiger charge is -2.31. The summed E-state index contributed by atoms with van der Waals surface area (Å²) in [6.07, 6.45) is -5.36. The minimum atomic E-state index is -5.36. The summed E-state index contributed by atoms with van der Waals surface area (Å²) < 4.78 is 78.6. The molecule has 14 heteroatoms. The number of nitrogens with two attached hydrogens (primary N) is 1. The molecule has 5 rings (SSSR count). The number of aliphatic hydroxyl groups is 1. The molecular weight excluding hydrogens is 554 g/mol. The van der Waals surface area contributed by atoms with Crippen molar-refractivity contribution in [1.29, 1.82) is 0 Å². The zero-order chi connectivity index (χ0) is 29.7. The lowest BCUT2D eigenvalue weighted by molar-refractivity contribution is -0.265. The second-order valence-electron chi connectivity index (χ2n) is 9.68. The summed E-state index contributed by atoms with van der Waals surface area (Å²) in [5.74, 6) is -2.04. The Morgan fingerprint density at radius 3 is 2.46 bits per heavy atom. The number of nitrogens with one attached hydrogen (secondary N) is 1. The van der Waals surface area contributed by atoms with E-state index in [1.807, 2.05) is 0 Å². The van der Waals surface area contributed by atoms with Crippen LogP contribution in [0.2, 0.25) is 0 Å². The number of hydrogen-bond donors (Lipinski definition) is 3. The molecule has 0 aliphatic carbocycles. The Hall–Kier alpha value is -4.59. The van der Waals surface area contributed by atoms with Gasteiger partial charge in [0.05, 0.1) is 19.3 Å². The zero-order valence-corrected chi connectivity index (χ0v) is 21.6. The Balaban J connectivity index is 1.58. The monoisotopic (exact) mass is 577 g/mol. The van der Waals surface area contributed by atoms with Gasteiger partial charge in [-0.05, 0) is 49.4 Å². The molecule has 1 aromatic heterocycles. The van der Waals surface area contributed by atoms with E-state index in [1.54, 1.807) is 0 Å². The van der Waals surface area contributed by atoms with Crippen LogP contribution in [0.5, 0.6) is 23.0 Å². The van der Waals surface area contributed by atoms with E-state index < -0.39 is 47.1 Å². The molecule has 216 valence electrons. The number of nitrogens with zero attached hydrogens (tertiary/aromatic N) is 1. The third-order valence-corrected chi connectivity index (χ3v) is 7.05. The van der Waals surface area contributed by atoms with E-state index in [2.05, 4.69) is 10.3 Å². The van der Waals surface area contributed by atoms with Gasteiger partial charge < -0.3 is 35.1 Å². The lowest BCUT2D eigenvalue weighted by Crippen LogP contribution is -2.51. The van der Waals surface area contributed by atoms with Gasteiger partial charge in [0.1, 0.15) is 29.3 Å². The smallest absolute Gasteiger partial charge is 0.424 e. The van der Waals surface area contributed by atoms with Gasteiger partial charge in [0.15, 0.2) is 11.5 Å². The predicted molar refractivity (Wildman–Crippen MR) is 133 cm³/mol. The normalized spacial score (nSPS) is 18.7. The minimum absolute atomic E-state index is 0.0392. The second-order valence-corrected chi connectivity index (χ2v) is 9.68. The summed E-state index contributed by atoms with van der Waals surface area (Å²) >= 11 is 0. The number of pyridine rings is 1. The highest BCUT2D eigenvalue weighted by Gasteiger charge is 2.57. The number of halogens is 4. The van der Waals surface area contributed by atoms with E-state index in [0.717, 1.165) is 18.2 Å².